The van der Waals surface area contributed by atoms with Crippen molar-refractivity contribution in [1.29, 1.82) is 0 Å². The lowest BCUT2D eigenvalue weighted by molar-refractivity contribution is 0.212. The lowest BCUT2D eigenvalue weighted by Crippen LogP contribution is -2.21. The zero-order chi connectivity index (χ0) is 20.3. The van der Waals surface area contributed by atoms with Gasteiger partial charge in [-0.05, 0) is 36.1 Å². The van der Waals surface area contributed by atoms with E-state index < -0.39 is 8.45 Å². The maximum Gasteiger partial charge on any atom is 0.219 e. The molecule has 3 aromatic carbocycles. The molecule has 4 unspecified atom stereocenters. The fourth-order valence-electron chi connectivity index (χ4n) is 4.40. The molecule has 0 aromatic heterocycles. The number of fused-ring (bicyclic) bond motifs is 1. The van der Waals surface area contributed by atoms with E-state index in [1.165, 1.54) is 29.7 Å². The molecule has 30 heavy (non-hydrogen) atoms. The molecule has 2 saturated heterocycles. The highest BCUT2D eigenvalue weighted by Crippen LogP contribution is 2.60. The van der Waals surface area contributed by atoms with Gasteiger partial charge in [0.1, 0.15) is 6.10 Å². The maximum atomic E-state index is 7.06. The van der Waals surface area contributed by atoms with Gasteiger partial charge in [-0.3, -0.25) is 0 Å². The highest BCUT2D eigenvalue weighted by molar-refractivity contribution is 9.09. The number of halogens is 1. The summed E-state index contributed by atoms with van der Waals surface area (Å²) in [5.74, 6) is 0. The standard InChI is InChI=1S/C25H26BrN2OP/c26-24(20-11-4-1-5-12-20)25(21-13-6-2-7-14-21)29-30-27-18-10-17-23(27)19-28(30)22-15-8-3-9-16-22/h1-9,11-16,23-25H,10,17-19H2. The lowest BCUT2D eigenvalue weighted by Gasteiger charge is -2.34. The van der Waals surface area contributed by atoms with E-state index in [1.807, 2.05) is 0 Å². The minimum absolute atomic E-state index is 0.0646. The molecule has 0 saturated carbocycles. The fourth-order valence-corrected chi connectivity index (χ4v) is 7.68. The van der Waals surface area contributed by atoms with Crippen molar-refractivity contribution < 1.29 is 4.52 Å². The fraction of sp³-hybridized carbons (Fsp3) is 0.280. The zero-order valence-corrected chi connectivity index (χ0v) is 19.3. The van der Waals surface area contributed by atoms with Crippen LogP contribution in [-0.2, 0) is 4.52 Å². The smallest absolute Gasteiger partial charge is 0.219 e. The Kier molecular flexibility index (Phi) is 6.19. The molecule has 5 heteroatoms. The summed E-state index contributed by atoms with van der Waals surface area (Å²) >= 11 is 3.99. The minimum Gasteiger partial charge on any atom is -0.317 e. The van der Waals surface area contributed by atoms with Crippen molar-refractivity contribution in [3.63, 3.8) is 0 Å². The number of nitrogens with zero attached hydrogens (tertiary/aromatic N) is 2. The van der Waals surface area contributed by atoms with Crippen molar-refractivity contribution in [1.82, 2.24) is 4.67 Å². The largest absolute Gasteiger partial charge is 0.317 e. The summed E-state index contributed by atoms with van der Waals surface area (Å²) in [5, 5.41) is 0. The third kappa shape index (κ3) is 4.07. The first-order chi connectivity index (χ1) is 14.8. The van der Waals surface area contributed by atoms with Crippen molar-refractivity contribution in [2.24, 2.45) is 0 Å². The van der Waals surface area contributed by atoms with Gasteiger partial charge < -0.3 is 9.19 Å². The van der Waals surface area contributed by atoms with Crippen LogP contribution in [0.4, 0.5) is 5.69 Å². The van der Waals surface area contributed by atoms with Gasteiger partial charge in [-0.15, -0.1) is 0 Å². The van der Waals surface area contributed by atoms with Gasteiger partial charge in [0.05, 0.1) is 4.83 Å². The normalized spacial score (nSPS) is 23.3. The molecule has 2 aliphatic rings. The van der Waals surface area contributed by atoms with Gasteiger partial charge in [0.15, 0.2) is 0 Å². The highest BCUT2D eigenvalue weighted by Gasteiger charge is 2.45. The van der Waals surface area contributed by atoms with Gasteiger partial charge in [0.25, 0.3) is 0 Å². The van der Waals surface area contributed by atoms with E-state index in [4.69, 9.17) is 4.52 Å². The Hall–Kier alpha value is -1.71. The first kappa shape index (κ1) is 20.2. The van der Waals surface area contributed by atoms with Crippen LogP contribution in [0.25, 0.3) is 0 Å². The molecule has 0 N–H and O–H groups in total. The molecule has 4 atom stereocenters. The van der Waals surface area contributed by atoms with E-state index >= 15 is 0 Å². The number of rotatable bonds is 6. The molecular weight excluding hydrogens is 455 g/mol. The quantitative estimate of drug-likeness (QED) is 0.276. The van der Waals surface area contributed by atoms with Crippen LogP contribution < -0.4 is 4.67 Å². The molecule has 0 amide bonds. The van der Waals surface area contributed by atoms with Crippen molar-refractivity contribution in [2.45, 2.75) is 29.8 Å². The molecule has 5 rings (SSSR count). The SMILES string of the molecule is BrC(c1ccccc1)C(OP1N(c2ccccc2)CC2CCCN21)c1ccccc1. The zero-order valence-electron chi connectivity index (χ0n) is 16.8. The molecule has 0 spiro atoms. The van der Waals surface area contributed by atoms with Gasteiger partial charge in [0, 0.05) is 24.8 Å². The summed E-state index contributed by atoms with van der Waals surface area (Å²) in [7, 11) is -0.874. The summed E-state index contributed by atoms with van der Waals surface area (Å²) in [6.45, 7) is 2.18. The Bertz CT molecular complexity index is 943. The minimum atomic E-state index is -0.874. The molecular formula is C25H26BrN2OP. The number of anilines is 1. The Balaban J connectivity index is 1.49. The van der Waals surface area contributed by atoms with Gasteiger partial charge in [0.2, 0.25) is 8.45 Å². The molecule has 2 fully saturated rings. The highest BCUT2D eigenvalue weighted by atomic mass is 79.9. The average Bonchev–Trinajstić information content (AvgIpc) is 3.41. The van der Waals surface area contributed by atoms with Crippen LogP contribution in [-0.4, -0.2) is 23.8 Å². The van der Waals surface area contributed by atoms with Crippen LogP contribution in [0.3, 0.4) is 0 Å². The van der Waals surface area contributed by atoms with Crippen LogP contribution in [0.1, 0.15) is 34.9 Å². The summed E-state index contributed by atoms with van der Waals surface area (Å²) in [5.41, 5.74) is 3.71. The Morgan fingerprint density at radius 3 is 2.10 bits per heavy atom. The Morgan fingerprint density at radius 2 is 1.43 bits per heavy atom. The van der Waals surface area contributed by atoms with Gasteiger partial charge >= 0.3 is 0 Å². The van der Waals surface area contributed by atoms with Gasteiger partial charge in [-0.1, -0.05) is 94.8 Å². The van der Waals surface area contributed by atoms with E-state index in [2.05, 4.69) is 116 Å². The van der Waals surface area contributed by atoms with Crippen molar-refractivity contribution >= 4 is 30.1 Å². The summed E-state index contributed by atoms with van der Waals surface area (Å²) in [4.78, 5) is 0.0860. The van der Waals surface area contributed by atoms with E-state index in [1.54, 1.807) is 0 Å². The van der Waals surface area contributed by atoms with Crippen molar-refractivity contribution in [2.75, 3.05) is 17.8 Å². The van der Waals surface area contributed by atoms with Gasteiger partial charge in [-0.25, -0.2) is 4.67 Å². The number of benzene rings is 3. The van der Waals surface area contributed by atoms with E-state index in [0.717, 1.165) is 13.1 Å². The molecule has 2 heterocycles. The van der Waals surface area contributed by atoms with Crippen LogP contribution in [0.15, 0.2) is 91.0 Å². The van der Waals surface area contributed by atoms with E-state index in [0.29, 0.717) is 6.04 Å². The molecule has 154 valence electrons. The van der Waals surface area contributed by atoms with Gasteiger partial charge in [-0.2, -0.15) is 0 Å². The first-order valence-electron chi connectivity index (χ1n) is 10.6. The Morgan fingerprint density at radius 1 is 0.833 bits per heavy atom. The predicted octanol–water partition coefficient (Wildman–Crippen LogP) is 7.09. The third-order valence-corrected chi connectivity index (χ3v) is 9.13. The number of hydrogen-bond donors (Lipinski definition) is 0. The number of alkyl halides is 1. The molecule has 0 bridgehead atoms. The van der Waals surface area contributed by atoms with Crippen LogP contribution in [0.5, 0.6) is 0 Å². The lowest BCUT2D eigenvalue weighted by atomic mass is 10.0. The summed E-state index contributed by atoms with van der Waals surface area (Å²) in [6.07, 6.45) is 2.46. The predicted molar refractivity (Wildman–Crippen MR) is 129 cm³/mol. The maximum absolute atomic E-state index is 7.06. The molecule has 2 aliphatic heterocycles. The number of hydrogen-bond acceptors (Lipinski definition) is 3. The van der Waals surface area contributed by atoms with Crippen molar-refractivity contribution in [3.8, 4) is 0 Å². The van der Waals surface area contributed by atoms with Crippen LogP contribution in [0, 0.1) is 0 Å². The second-order valence-corrected chi connectivity index (χ2v) is 10.6. The van der Waals surface area contributed by atoms with Crippen LogP contribution in [0.2, 0.25) is 0 Å². The van der Waals surface area contributed by atoms with Crippen molar-refractivity contribution in [3.05, 3.63) is 102 Å². The second-order valence-electron chi connectivity index (χ2n) is 7.88. The average molecular weight is 481 g/mol. The molecule has 3 nitrogen and oxygen atoms in total. The number of para-hydroxylation sites is 1. The van der Waals surface area contributed by atoms with E-state index in [-0.39, 0.29) is 10.9 Å². The third-order valence-electron chi connectivity index (χ3n) is 5.93. The summed E-state index contributed by atoms with van der Waals surface area (Å²) in [6, 6.07) is 32.6. The monoisotopic (exact) mass is 480 g/mol. The van der Waals surface area contributed by atoms with Crippen LogP contribution >= 0.6 is 24.4 Å². The Labute approximate surface area is 188 Å². The molecule has 0 radical (unpaired) electrons. The molecule has 3 aromatic rings. The topological polar surface area (TPSA) is 15.7 Å². The summed E-state index contributed by atoms with van der Waals surface area (Å²) < 4.78 is 12.2. The molecule has 0 aliphatic carbocycles. The first-order valence-corrected chi connectivity index (χ1v) is 12.7. The van der Waals surface area contributed by atoms with E-state index in [9.17, 15) is 0 Å². The second kappa shape index (κ2) is 9.20.